The van der Waals surface area contributed by atoms with E-state index in [0.717, 1.165) is 16.7 Å². The maximum absolute atomic E-state index is 6.04. The molecule has 0 N–H and O–H groups in total. The van der Waals surface area contributed by atoms with E-state index < -0.39 is 0 Å². The zero-order chi connectivity index (χ0) is 15.6. The predicted molar refractivity (Wildman–Crippen MR) is 91.0 cm³/mol. The van der Waals surface area contributed by atoms with E-state index in [1.165, 1.54) is 0 Å². The highest BCUT2D eigenvalue weighted by atomic mass is 35.5. The van der Waals surface area contributed by atoms with E-state index >= 15 is 0 Å². The Labute approximate surface area is 137 Å². The van der Waals surface area contributed by atoms with Gasteiger partial charge in [-0.25, -0.2) is 15.0 Å². The molecule has 4 aromatic rings. The van der Waals surface area contributed by atoms with Crippen LogP contribution in [0.5, 0.6) is 0 Å². The van der Waals surface area contributed by atoms with Crippen LogP contribution >= 0.6 is 11.6 Å². The second-order valence-electron chi connectivity index (χ2n) is 5.02. The number of hydrogen-bond acceptors (Lipinski definition) is 4. The minimum atomic E-state index is 0.165. The van der Waals surface area contributed by atoms with Crippen molar-refractivity contribution in [2.45, 2.75) is 0 Å². The number of fused-ring (bicyclic) bond motifs is 1. The van der Waals surface area contributed by atoms with E-state index in [2.05, 4.69) is 44.2 Å². The maximum atomic E-state index is 6.04. The van der Waals surface area contributed by atoms with Crippen LogP contribution in [0.1, 0.15) is 0 Å². The summed E-state index contributed by atoms with van der Waals surface area (Å²) in [5, 5.41) is 0.165. The minimum Gasteiger partial charge on any atom is -0.249 e. The Morgan fingerprint density at radius 1 is 0.696 bits per heavy atom. The average molecular weight is 319 g/mol. The Morgan fingerprint density at radius 3 is 2.30 bits per heavy atom. The van der Waals surface area contributed by atoms with Crippen molar-refractivity contribution in [3.05, 3.63) is 72.3 Å². The van der Waals surface area contributed by atoms with Gasteiger partial charge in [0.2, 0.25) is 5.28 Å². The SMILES string of the molecule is Clc1nc(-c2cccc(-c3ccccc3)c2)c2nccnc2n1. The molecule has 0 saturated heterocycles. The van der Waals surface area contributed by atoms with Gasteiger partial charge in [0.15, 0.2) is 5.65 Å². The first-order valence-electron chi connectivity index (χ1n) is 7.11. The number of benzene rings is 2. The molecule has 0 spiro atoms. The summed E-state index contributed by atoms with van der Waals surface area (Å²) in [6.07, 6.45) is 3.22. The van der Waals surface area contributed by atoms with Crippen LogP contribution in [0.25, 0.3) is 33.5 Å². The van der Waals surface area contributed by atoms with Crippen LogP contribution in [0.15, 0.2) is 67.0 Å². The molecule has 0 bridgehead atoms. The van der Waals surface area contributed by atoms with Gasteiger partial charge >= 0.3 is 0 Å². The molecule has 2 aromatic heterocycles. The normalized spacial score (nSPS) is 10.8. The second-order valence-corrected chi connectivity index (χ2v) is 5.35. The molecule has 0 atom stereocenters. The molecular weight excluding hydrogens is 308 g/mol. The predicted octanol–water partition coefficient (Wildman–Crippen LogP) is 4.41. The number of halogens is 1. The van der Waals surface area contributed by atoms with Crippen molar-refractivity contribution in [1.82, 2.24) is 19.9 Å². The zero-order valence-corrected chi connectivity index (χ0v) is 12.8. The molecule has 0 radical (unpaired) electrons. The Kier molecular flexibility index (Phi) is 3.44. The van der Waals surface area contributed by atoms with Gasteiger partial charge in [-0.05, 0) is 28.8 Å². The first-order chi connectivity index (χ1) is 11.3. The molecule has 4 nitrogen and oxygen atoms in total. The summed E-state index contributed by atoms with van der Waals surface area (Å²) in [4.78, 5) is 17.0. The fourth-order valence-electron chi connectivity index (χ4n) is 2.52. The van der Waals surface area contributed by atoms with Gasteiger partial charge < -0.3 is 0 Å². The first-order valence-corrected chi connectivity index (χ1v) is 7.49. The van der Waals surface area contributed by atoms with Crippen molar-refractivity contribution in [2.24, 2.45) is 0 Å². The highest BCUT2D eigenvalue weighted by Crippen LogP contribution is 2.28. The van der Waals surface area contributed by atoms with Crippen LogP contribution < -0.4 is 0 Å². The molecule has 0 unspecified atom stereocenters. The zero-order valence-electron chi connectivity index (χ0n) is 12.0. The van der Waals surface area contributed by atoms with E-state index in [9.17, 15) is 0 Å². The fourth-order valence-corrected chi connectivity index (χ4v) is 2.68. The van der Waals surface area contributed by atoms with Crippen LogP contribution in [0.4, 0.5) is 0 Å². The van der Waals surface area contributed by atoms with Gasteiger partial charge in [0.05, 0.1) is 0 Å². The molecule has 2 heterocycles. The lowest BCUT2D eigenvalue weighted by molar-refractivity contribution is 1.15. The second kappa shape index (κ2) is 5.74. The van der Waals surface area contributed by atoms with Crippen LogP contribution in [0.2, 0.25) is 5.28 Å². The molecule has 0 aliphatic rings. The summed E-state index contributed by atoms with van der Waals surface area (Å²) in [6, 6.07) is 18.3. The van der Waals surface area contributed by atoms with Crippen LogP contribution in [-0.2, 0) is 0 Å². The third-order valence-corrected chi connectivity index (χ3v) is 3.72. The van der Waals surface area contributed by atoms with E-state index in [1.54, 1.807) is 12.4 Å². The molecule has 0 saturated carbocycles. The van der Waals surface area contributed by atoms with Gasteiger partial charge in [0.1, 0.15) is 11.2 Å². The molecule has 0 aliphatic heterocycles. The summed E-state index contributed by atoms with van der Waals surface area (Å²) >= 11 is 6.04. The quantitative estimate of drug-likeness (QED) is 0.514. The Morgan fingerprint density at radius 2 is 1.43 bits per heavy atom. The number of aromatic nitrogens is 4. The molecule has 4 rings (SSSR count). The number of nitrogens with zero attached hydrogens (tertiary/aromatic N) is 4. The third-order valence-electron chi connectivity index (χ3n) is 3.55. The standard InChI is InChI=1S/C18H11ClN4/c19-18-22-15(16-17(23-18)21-10-9-20-16)14-8-4-7-13(11-14)12-5-2-1-3-6-12/h1-11H. The fraction of sp³-hybridized carbons (Fsp3) is 0. The largest absolute Gasteiger partial charge is 0.249 e. The van der Waals surface area contributed by atoms with E-state index in [1.807, 2.05) is 30.3 Å². The van der Waals surface area contributed by atoms with Gasteiger partial charge in [-0.3, -0.25) is 0 Å². The summed E-state index contributed by atoms with van der Waals surface area (Å²) in [6.45, 7) is 0. The Bertz CT molecular complexity index is 986. The molecule has 0 fully saturated rings. The molecule has 23 heavy (non-hydrogen) atoms. The van der Waals surface area contributed by atoms with E-state index in [0.29, 0.717) is 16.9 Å². The molecule has 5 heteroatoms. The Hall–Kier alpha value is -2.85. The van der Waals surface area contributed by atoms with E-state index in [4.69, 9.17) is 11.6 Å². The topological polar surface area (TPSA) is 51.6 Å². The first kappa shape index (κ1) is 13.8. The molecule has 0 amide bonds. The van der Waals surface area contributed by atoms with Crippen LogP contribution in [0, 0.1) is 0 Å². The van der Waals surface area contributed by atoms with E-state index in [-0.39, 0.29) is 5.28 Å². The number of rotatable bonds is 2. The molecule has 0 aliphatic carbocycles. The van der Waals surface area contributed by atoms with Crippen molar-refractivity contribution in [2.75, 3.05) is 0 Å². The third kappa shape index (κ3) is 2.64. The molecule has 2 aromatic carbocycles. The summed E-state index contributed by atoms with van der Waals surface area (Å²) in [7, 11) is 0. The van der Waals surface area contributed by atoms with Crippen molar-refractivity contribution >= 4 is 22.8 Å². The number of hydrogen-bond donors (Lipinski definition) is 0. The van der Waals surface area contributed by atoms with Gasteiger partial charge in [-0.2, -0.15) is 4.98 Å². The smallest absolute Gasteiger partial charge is 0.225 e. The summed E-state index contributed by atoms with van der Waals surface area (Å²) in [5.41, 5.74) is 5.00. The minimum absolute atomic E-state index is 0.165. The van der Waals surface area contributed by atoms with Crippen LogP contribution in [0.3, 0.4) is 0 Å². The summed E-state index contributed by atoms with van der Waals surface area (Å²) in [5.74, 6) is 0. The van der Waals surface area contributed by atoms with Gasteiger partial charge in [-0.1, -0.05) is 48.5 Å². The lowest BCUT2D eigenvalue weighted by Crippen LogP contribution is -1.95. The highest BCUT2D eigenvalue weighted by Gasteiger charge is 2.11. The van der Waals surface area contributed by atoms with Crippen molar-refractivity contribution in [1.29, 1.82) is 0 Å². The molecular formula is C18H11ClN4. The van der Waals surface area contributed by atoms with Crippen molar-refractivity contribution < 1.29 is 0 Å². The van der Waals surface area contributed by atoms with Crippen LogP contribution in [-0.4, -0.2) is 19.9 Å². The lowest BCUT2D eigenvalue weighted by Gasteiger charge is -2.07. The lowest BCUT2D eigenvalue weighted by atomic mass is 10.0. The van der Waals surface area contributed by atoms with Crippen molar-refractivity contribution in [3.8, 4) is 22.4 Å². The Balaban J connectivity index is 1.92. The summed E-state index contributed by atoms with van der Waals surface area (Å²) < 4.78 is 0. The maximum Gasteiger partial charge on any atom is 0.225 e. The average Bonchev–Trinajstić information content (AvgIpc) is 2.62. The van der Waals surface area contributed by atoms with Gasteiger partial charge in [0, 0.05) is 18.0 Å². The van der Waals surface area contributed by atoms with Gasteiger partial charge in [0.25, 0.3) is 0 Å². The highest BCUT2D eigenvalue weighted by molar-refractivity contribution is 6.28. The monoisotopic (exact) mass is 318 g/mol. The van der Waals surface area contributed by atoms with Gasteiger partial charge in [-0.15, -0.1) is 0 Å². The molecule has 110 valence electrons. The van der Waals surface area contributed by atoms with Crippen molar-refractivity contribution in [3.63, 3.8) is 0 Å².